The number of aliphatic hydroxyl groups is 2. The van der Waals surface area contributed by atoms with Crippen molar-refractivity contribution in [2.45, 2.75) is 18.8 Å². The summed E-state index contributed by atoms with van der Waals surface area (Å²) in [5.41, 5.74) is 1.13. The SMILES string of the molecule is OCCCC(CO)c1ccc(Br)cc1. The Morgan fingerprint density at radius 2 is 1.79 bits per heavy atom. The van der Waals surface area contributed by atoms with Crippen molar-refractivity contribution in [3.8, 4) is 0 Å². The van der Waals surface area contributed by atoms with Gasteiger partial charge >= 0.3 is 0 Å². The fraction of sp³-hybridized carbons (Fsp3) is 0.455. The molecule has 0 aliphatic heterocycles. The van der Waals surface area contributed by atoms with Gasteiger partial charge in [-0.2, -0.15) is 0 Å². The number of aliphatic hydroxyl groups excluding tert-OH is 2. The van der Waals surface area contributed by atoms with Gasteiger partial charge in [0, 0.05) is 23.6 Å². The summed E-state index contributed by atoms with van der Waals surface area (Å²) in [4.78, 5) is 0. The predicted octanol–water partition coefficient (Wildman–Crippen LogP) is 2.30. The summed E-state index contributed by atoms with van der Waals surface area (Å²) >= 11 is 3.37. The van der Waals surface area contributed by atoms with Crippen molar-refractivity contribution in [2.24, 2.45) is 0 Å². The molecule has 2 N–H and O–H groups in total. The van der Waals surface area contributed by atoms with Crippen molar-refractivity contribution in [3.63, 3.8) is 0 Å². The van der Waals surface area contributed by atoms with Crippen molar-refractivity contribution in [1.29, 1.82) is 0 Å². The Kier molecular flexibility index (Phi) is 5.15. The van der Waals surface area contributed by atoms with Gasteiger partial charge < -0.3 is 10.2 Å². The van der Waals surface area contributed by atoms with Gasteiger partial charge in [0.1, 0.15) is 0 Å². The summed E-state index contributed by atoms with van der Waals surface area (Å²) in [6, 6.07) is 7.94. The van der Waals surface area contributed by atoms with Crippen LogP contribution in [0.15, 0.2) is 28.7 Å². The lowest BCUT2D eigenvalue weighted by atomic mass is 9.95. The van der Waals surface area contributed by atoms with Crippen molar-refractivity contribution < 1.29 is 10.2 Å². The lowest BCUT2D eigenvalue weighted by Crippen LogP contribution is -2.04. The quantitative estimate of drug-likeness (QED) is 0.851. The van der Waals surface area contributed by atoms with Gasteiger partial charge in [-0.3, -0.25) is 0 Å². The number of rotatable bonds is 5. The van der Waals surface area contributed by atoms with Crippen LogP contribution < -0.4 is 0 Å². The highest BCUT2D eigenvalue weighted by molar-refractivity contribution is 9.10. The van der Waals surface area contributed by atoms with E-state index in [1.54, 1.807) is 0 Å². The fourth-order valence-corrected chi connectivity index (χ4v) is 1.70. The second kappa shape index (κ2) is 6.17. The first-order valence-corrected chi connectivity index (χ1v) is 5.54. The maximum absolute atomic E-state index is 9.18. The molecule has 0 aliphatic carbocycles. The largest absolute Gasteiger partial charge is 0.396 e. The van der Waals surface area contributed by atoms with Gasteiger partial charge in [0.15, 0.2) is 0 Å². The third-order valence-electron chi connectivity index (χ3n) is 2.27. The highest BCUT2D eigenvalue weighted by Crippen LogP contribution is 2.22. The minimum absolute atomic E-state index is 0.141. The summed E-state index contributed by atoms with van der Waals surface area (Å²) in [7, 11) is 0. The third kappa shape index (κ3) is 3.40. The molecule has 1 aromatic rings. The van der Waals surface area contributed by atoms with Crippen LogP contribution in [0.3, 0.4) is 0 Å². The molecular weight excluding hydrogens is 244 g/mol. The molecule has 1 rings (SSSR count). The van der Waals surface area contributed by atoms with Crippen LogP contribution in [-0.4, -0.2) is 23.4 Å². The zero-order valence-corrected chi connectivity index (χ0v) is 9.57. The van der Waals surface area contributed by atoms with E-state index >= 15 is 0 Å². The first-order chi connectivity index (χ1) is 6.77. The first-order valence-electron chi connectivity index (χ1n) is 4.75. The van der Waals surface area contributed by atoms with Crippen molar-refractivity contribution in [3.05, 3.63) is 34.3 Å². The number of halogens is 1. The molecule has 3 heteroatoms. The Balaban J connectivity index is 2.64. The monoisotopic (exact) mass is 258 g/mol. The molecule has 1 unspecified atom stereocenters. The number of benzene rings is 1. The van der Waals surface area contributed by atoms with Crippen LogP contribution >= 0.6 is 15.9 Å². The van der Waals surface area contributed by atoms with Crippen LogP contribution in [0.2, 0.25) is 0 Å². The Morgan fingerprint density at radius 1 is 1.14 bits per heavy atom. The Hall–Kier alpha value is -0.380. The maximum Gasteiger partial charge on any atom is 0.0499 e. The minimum atomic E-state index is 0.141. The van der Waals surface area contributed by atoms with Gasteiger partial charge in [0.05, 0.1) is 0 Å². The molecule has 14 heavy (non-hydrogen) atoms. The molecule has 0 aliphatic rings. The van der Waals surface area contributed by atoms with Gasteiger partial charge in [-0.25, -0.2) is 0 Å². The van der Waals surface area contributed by atoms with E-state index in [0.717, 1.165) is 22.9 Å². The topological polar surface area (TPSA) is 40.5 Å². The molecule has 0 saturated carbocycles. The highest BCUT2D eigenvalue weighted by Gasteiger charge is 2.09. The smallest absolute Gasteiger partial charge is 0.0499 e. The van der Waals surface area contributed by atoms with Gasteiger partial charge in [-0.05, 0) is 30.5 Å². The standard InChI is InChI=1S/C11H15BrO2/c12-11-5-3-9(4-6-11)10(8-14)2-1-7-13/h3-6,10,13-14H,1-2,7-8H2. The summed E-state index contributed by atoms with van der Waals surface area (Å²) in [5.74, 6) is 0.148. The predicted molar refractivity (Wildman–Crippen MR) is 60.3 cm³/mol. The summed E-state index contributed by atoms with van der Waals surface area (Å²) in [6.07, 6.45) is 1.57. The van der Waals surface area contributed by atoms with Crippen LogP contribution in [0.5, 0.6) is 0 Å². The van der Waals surface area contributed by atoms with Crippen LogP contribution in [0, 0.1) is 0 Å². The van der Waals surface area contributed by atoms with E-state index < -0.39 is 0 Å². The highest BCUT2D eigenvalue weighted by atomic mass is 79.9. The molecule has 1 aromatic carbocycles. The molecule has 0 saturated heterocycles. The van der Waals surface area contributed by atoms with E-state index in [1.807, 2.05) is 24.3 Å². The second-order valence-corrected chi connectivity index (χ2v) is 4.21. The third-order valence-corrected chi connectivity index (χ3v) is 2.80. The van der Waals surface area contributed by atoms with Gasteiger partial charge in [-0.15, -0.1) is 0 Å². The molecule has 0 bridgehead atoms. The van der Waals surface area contributed by atoms with Crippen LogP contribution in [0.25, 0.3) is 0 Å². The van der Waals surface area contributed by atoms with Crippen LogP contribution in [-0.2, 0) is 0 Å². The van der Waals surface area contributed by atoms with Crippen molar-refractivity contribution in [2.75, 3.05) is 13.2 Å². The Bertz CT molecular complexity index is 258. The molecule has 0 spiro atoms. The zero-order valence-electron chi connectivity index (χ0n) is 7.99. The molecule has 0 heterocycles. The van der Waals surface area contributed by atoms with Crippen molar-refractivity contribution >= 4 is 15.9 Å². The van der Waals surface area contributed by atoms with E-state index in [4.69, 9.17) is 5.11 Å². The molecular formula is C11H15BrO2. The van der Waals surface area contributed by atoms with Crippen molar-refractivity contribution in [1.82, 2.24) is 0 Å². The molecule has 0 aromatic heterocycles. The lowest BCUT2D eigenvalue weighted by Gasteiger charge is -2.13. The summed E-state index contributed by atoms with van der Waals surface area (Å²) in [5, 5.41) is 17.9. The fourth-order valence-electron chi connectivity index (χ4n) is 1.44. The maximum atomic E-state index is 9.18. The Morgan fingerprint density at radius 3 is 2.29 bits per heavy atom. The summed E-state index contributed by atoms with van der Waals surface area (Å²) < 4.78 is 1.04. The van der Waals surface area contributed by atoms with Gasteiger partial charge in [0.25, 0.3) is 0 Å². The average molecular weight is 259 g/mol. The Labute approximate surface area is 92.7 Å². The van der Waals surface area contributed by atoms with Gasteiger partial charge in [-0.1, -0.05) is 28.1 Å². The minimum Gasteiger partial charge on any atom is -0.396 e. The number of hydrogen-bond acceptors (Lipinski definition) is 2. The molecule has 0 amide bonds. The van der Waals surface area contributed by atoms with Crippen LogP contribution in [0.1, 0.15) is 24.3 Å². The van der Waals surface area contributed by atoms with E-state index in [0.29, 0.717) is 0 Å². The molecule has 2 nitrogen and oxygen atoms in total. The van der Waals surface area contributed by atoms with Gasteiger partial charge in [0.2, 0.25) is 0 Å². The first kappa shape index (κ1) is 11.7. The molecule has 78 valence electrons. The van der Waals surface area contributed by atoms with E-state index in [1.165, 1.54) is 0 Å². The lowest BCUT2D eigenvalue weighted by molar-refractivity contribution is 0.237. The zero-order chi connectivity index (χ0) is 10.4. The molecule has 0 fully saturated rings. The summed E-state index contributed by atoms with van der Waals surface area (Å²) in [6.45, 7) is 0.328. The number of hydrogen-bond donors (Lipinski definition) is 2. The molecule has 0 radical (unpaired) electrons. The van der Waals surface area contributed by atoms with E-state index in [9.17, 15) is 5.11 Å². The average Bonchev–Trinajstić information content (AvgIpc) is 2.21. The van der Waals surface area contributed by atoms with E-state index in [-0.39, 0.29) is 19.1 Å². The second-order valence-electron chi connectivity index (χ2n) is 3.30. The molecule has 1 atom stereocenters. The normalized spacial score (nSPS) is 12.8. The van der Waals surface area contributed by atoms with E-state index in [2.05, 4.69) is 15.9 Å². The van der Waals surface area contributed by atoms with Crippen LogP contribution in [0.4, 0.5) is 0 Å².